The Morgan fingerprint density at radius 3 is 2.67 bits per heavy atom. The highest BCUT2D eigenvalue weighted by Gasteiger charge is 1.98. The van der Waals surface area contributed by atoms with Crippen LogP contribution in [0.25, 0.3) is 11.0 Å². The number of para-hydroxylation sites is 2. The highest BCUT2D eigenvalue weighted by Crippen LogP contribution is 2.06. The maximum absolute atomic E-state index is 11.0. The van der Waals surface area contributed by atoms with Crippen LogP contribution in [0.5, 0.6) is 0 Å². The fourth-order valence-electron chi connectivity index (χ4n) is 1.18. The molecule has 2 rings (SSSR count). The van der Waals surface area contributed by atoms with Crippen molar-refractivity contribution in [2.75, 3.05) is 0 Å². The smallest absolute Gasteiger partial charge is 0.306 e. The first-order chi connectivity index (χ1) is 5.29. The summed E-state index contributed by atoms with van der Waals surface area (Å²) in [4.78, 5) is 13.8. The average Bonchev–Trinajstić information content (AvgIpc) is 2.30. The van der Waals surface area contributed by atoms with Gasteiger partial charge in [-0.25, -0.2) is 4.79 Å². The highest BCUT2D eigenvalue weighted by atomic mass is 16.1. The standard InChI is InChI=1S/C8H8N2O.CH4/c1-10-7-5-3-2-4-6(7)9-8(10)11;/h2-5H,1H3,(H,9,11);1H4. The van der Waals surface area contributed by atoms with Crippen molar-refractivity contribution in [3.8, 4) is 0 Å². The van der Waals surface area contributed by atoms with E-state index < -0.39 is 0 Å². The van der Waals surface area contributed by atoms with E-state index in [-0.39, 0.29) is 13.1 Å². The number of aromatic nitrogens is 2. The summed E-state index contributed by atoms with van der Waals surface area (Å²) in [7, 11) is 1.75. The summed E-state index contributed by atoms with van der Waals surface area (Å²) in [5.41, 5.74) is 1.77. The van der Waals surface area contributed by atoms with E-state index in [9.17, 15) is 4.79 Å². The number of benzene rings is 1. The van der Waals surface area contributed by atoms with Gasteiger partial charge in [0.15, 0.2) is 0 Å². The number of H-pyrrole nitrogens is 1. The summed E-state index contributed by atoms with van der Waals surface area (Å²) in [5, 5.41) is 0. The Labute approximate surface area is 70.6 Å². The number of hydrogen-bond acceptors (Lipinski definition) is 1. The fourth-order valence-corrected chi connectivity index (χ4v) is 1.18. The second kappa shape index (κ2) is 2.85. The predicted octanol–water partition coefficient (Wildman–Crippen LogP) is 1.50. The third kappa shape index (κ3) is 1.03. The second-order valence-corrected chi connectivity index (χ2v) is 2.51. The van der Waals surface area contributed by atoms with Gasteiger partial charge in [-0.1, -0.05) is 19.6 Å². The average molecular weight is 164 g/mol. The molecule has 2 aromatic rings. The minimum atomic E-state index is -0.0637. The lowest BCUT2D eigenvalue weighted by molar-refractivity contribution is 0.891. The molecule has 0 atom stereocenters. The third-order valence-corrected chi connectivity index (χ3v) is 1.81. The van der Waals surface area contributed by atoms with Crippen LogP contribution in [0.4, 0.5) is 0 Å². The van der Waals surface area contributed by atoms with E-state index in [1.54, 1.807) is 11.6 Å². The van der Waals surface area contributed by atoms with Gasteiger partial charge in [0, 0.05) is 7.05 Å². The number of rotatable bonds is 0. The molecule has 64 valence electrons. The Balaban J connectivity index is 0.000000720. The SMILES string of the molecule is C.Cn1c(=O)[nH]c2ccccc21. The molecule has 0 fully saturated rings. The van der Waals surface area contributed by atoms with Gasteiger partial charge in [0.25, 0.3) is 0 Å². The first kappa shape index (κ1) is 8.59. The Hall–Kier alpha value is -1.51. The van der Waals surface area contributed by atoms with Crippen LogP contribution in [0, 0.1) is 0 Å². The zero-order valence-corrected chi connectivity index (χ0v) is 6.16. The van der Waals surface area contributed by atoms with Crippen molar-refractivity contribution in [3.05, 3.63) is 34.7 Å². The number of nitrogens with one attached hydrogen (secondary N) is 1. The van der Waals surface area contributed by atoms with E-state index in [0.29, 0.717) is 0 Å². The second-order valence-electron chi connectivity index (χ2n) is 2.51. The molecule has 0 bridgehead atoms. The molecular weight excluding hydrogens is 152 g/mol. The lowest BCUT2D eigenvalue weighted by Gasteiger charge is -1.89. The third-order valence-electron chi connectivity index (χ3n) is 1.81. The number of imidazole rings is 1. The number of aromatic amines is 1. The van der Waals surface area contributed by atoms with Crippen LogP contribution in [0.15, 0.2) is 29.1 Å². The van der Waals surface area contributed by atoms with Crippen molar-refractivity contribution in [1.29, 1.82) is 0 Å². The first-order valence-electron chi connectivity index (χ1n) is 3.43. The molecular formula is C9H12N2O. The Bertz CT molecular complexity index is 439. The van der Waals surface area contributed by atoms with Crippen LogP contribution in [-0.4, -0.2) is 9.55 Å². The Morgan fingerprint density at radius 2 is 2.00 bits per heavy atom. The van der Waals surface area contributed by atoms with Crippen LogP contribution in [-0.2, 0) is 7.05 Å². The number of aryl methyl sites for hydroxylation is 1. The zero-order chi connectivity index (χ0) is 7.84. The van der Waals surface area contributed by atoms with E-state index in [0.717, 1.165) is 11.0 Å². The molecule has 0 unspecified atom stereocenters. The van der Waals surface area contributed by atoms with Gasteiger partial charge in [0.2, 0.25) is 0 Å². The van der Waals surface area contributed by atoms with Gasteiger partial charge < -0.3 is 4.98 Å². The molecule has 0 spiro atoms. The molecule has 1 aromatic carbocycles. The summed E-state index contributed by atoms with van der Waals surface area (Å²) in [6.07, 6.45) is 0. The quantitative estimate of drug-likeness (QED) is 0.629. The minimum absolute atomic E-state index is 0. The summed E-state index contributed by atoms with van der Waals surface area (Å²) >= 11 is 0. The largest absolute Gasteiger partial charge is 0.326 e. The lowest BCUT2D eigenvalue weighted by Crippen LogP contribution is -2.11. The van der Waals surface area contributed by atoms with Gasteiger partial charge in [-0.3, -0.25) is 4.57 Å². The lowest BCUT2D eigenvalue weighted by atomic mass is 10.3. The highest BCUT2D eigenvalue weighted by molar-refractivity contribution is 5.74. The summed E-state index contributed by atoms with van der Waals surface area (Å²) < 4.78 is 1.59. The van der Waals surface area contributed by atoms with Crippen molar-refractivity contribution in [2.45, 2.75) is 7.43 Å². The summed E-state index contributed by atoms with van der Waals surface area (Å²) in [5.74, 6) is 0. The maximum Gasteiger partial charge on any atom is 0.326 e. The Morgan fingerprint density at radius 1 is 1.33 bits per heavy atom. The van der Waals surface area contributed by atoms with Crippen molar-refractivity contribution in [1.82, 2.24) is 9.55 Å². The van der Waals surface area contributed by atoms with E-state index >= 15 is 0 Å². The molecule has 3 heteroatoms. The van der Waals surface area contributed by atoms with Crippen LogP contribution in [0.3, 0.4) is 0 Å². The van der Waals surface area contributed by atoms with Crippen LogP contribution >= 0.6 is 0 Å². The van der Waals surface area contributed by atoms with Gasteiger partial charge in [-0.15, -0.1) is 0 Å². The molecule has 1 N–H and O–H groups in total. The van der Waals surface area contributed by atoms with Crippen molar-refractivity contribution >= 4 is 11.0 Å². The van der Waals surface area contributed by atoms with Gasteiger partial charge in [-0.05, 0) is 12.1 Å². The van der Waals surface area contributed by atoms with Crippen molar-refractivity contribution in [2.24, 2.45) is 7.05 Å². The molecule has 3 nitrogen and oxygen atoms in total. The van der Waals surface area contributed by atoms with Gasteiger partial charge in [0.05, 0.1) is 11.0 Å². The molecule has 0 saturated heterocycles. The minimum Gasteiger partial charge on any atom is -0.306 e. The van der Waals surface area contributed by atoms with Crippen LogP contribution in [0.2, 0.25) is 0 Å². The summed E-state index contributed by atoms with van der Waals surface area (Å²) in [6.45, 7) is 0. The molecule has 0 aliphatic carbocycles. The molecule has 0 aliphatic rings. The number of fused-ring (bicyclic) bond motifs is 1. The van der Waals surface area contributed by atoms with Crippen LogP contribution in [0.1, 0.15) is 7.43 Å². The van der Waals surface area contributed by atoms with E-state index in [1.165, 1.54) is 0 Å². The van der Waals surface area contributed by atoms with Crippen molar-refractivity contribution < 1.29 is 0 Å². The normalized spacial score (nSPS) is 9.75. The molecule has 0 aliphatic heterocycles. The number of nitrogens with zero attached hydrogens (tertiary/aromatic N) is 1. The van der Waals surface area contributed by atoms with Gasteiger partial charge >= 0.3 is 5.69 Å². The maximum atomic E-state index is 11.0. The van der Waals surface area contributed by atoms with E-state index in [2.05, 4.69) is 4.98 Å². The molecule has 0 radical (unpaired) electrons. The van der Waals surface area contributed by atoms with Crippen LogP contribution < -0.4 is 5.69 Å². The monoisotopic (exact) mass is 164 g/mol. The molecule has 1 aromatic heterocycles. The predicted molar refractivity (Wildman–Crippen MR) is 50.3 cm³/mol. The number of hydrogen-bond donors (Lipinski definition) is 1. The fraction of sp³-hybridized carbons (Fsp3) is 0.222. The van der Waals surface area contributed by atoms with E-state index in [4.69, 9.17) is 0 Å². The topological polar surface area (TPSA) is 37.8 Å². The zero-order valence-electron chi connectivity index (χ0n) is 6.16. The Kier molecular flexibility index (Phi) is 2.04. The summed E-state index contributed by atoms with van der Waals surface area (Å²) in [6, 6.07) is 7.61. The molecule has 0 amide bonds. The van der Waals surface area contributed by atoms with Crippen molar-refractivity contribution in [3.63, 3.8) is 0 Å². The van der Waals surface area contributed by atoms with Gasteiger partial charge in [0.1, 0.15) is 0 Å². The molecule has 1 heterocycles. The first-order valence-corrected chi connectivity index (χ1v) is 3.43. The molecule has 12 heavy (non-hydrogen) atoms. The van der Waals surface area contributed by atoms with E-state index in [1.807, 2.05) is 24.3 Å². The van der Waals surface area contributed by atoms with Gasteiger partial charge in [-0.2, -0.15) is 0 Å². The molecule has 0 saturated carbocycles.